The molecule has 20 heavy (non-hydrogen) atoms. The lowest BCUT2D eigenvalue weighted by Gasteiger charge is -2.31. The van der Waals surface area contributed by atoms with Crippen LogP contribution < -0.4 is 10.7 Å². The number of hydrazine groups is 1. The summed E-state index contributed by atoms with van der Waals surface area (Å²) in [4.78, 5) is 10.2. The number of nitrogens with one attached hydrogen (secondary N) is 2. The van der Waals surface area contributed by atoms with E-state index in [9.17, 15) is 10.1 Å². The topological polar surface area (TPSA) is 70.4 Å². The molecule has 7 heteroatoms. The van der Waals surface area contributed by atoms with Gasteiger partial charge in [0, 0.05) is 12.1 Å². The Balaban J connectivity index is 1.73. The number of nitrogens with zero attached hydrogens (tertiary/aromatic N) is 2. The highest BCUT2D eigenvalue weighted by atomic mass is 32.1. The summed E-state index contributed by atoms with van der Waals surface area (Å²) in [7, 11) is 0. The van der Waals surface area contributed by atoms with Gasteiger partial charge in [-0.15, -0.1) is 0 Å². The molecule has 0 bridgehead atoms. The fraction of sp³-hybridized carbons (Fsp3) is 0.462. The van der Waals surface area contributed by atoms with Gasteiger partial charge in [-0.1, -0.05) is 12.8 Å². The molecule has 0 aromatic heterocycles. The molecular formula is C13H16N4O2S. The minimum absolute atomic E-state index is 0.0909. The number of rotatable bonds is 3. The van der Waals surface area contributed by atoms with E-state index in [1.807, 2.05) is 5.01 Å². The highest BCUT2D eigenvalue weighted by Crippen LogP contribution is 2.28. The molecule has 2 unspecified atom stereocenters. The molecule has 1 saturated heterocycles. The quantitative estimate of drug-likeness (QED) is 0.506. The van der Waals surface area contributed by atoms with Crippen molar-refractivity contribution in [3.05, 3.63) is 34.4 Å². The maximum absolute atomic E-state index is 10.6. The molecule has 1 aromatic rings. The highest BCUT2D eigenvalue weighted by Gasteiger charge is 2.38. The molecule has 2 atom stereocenters. The van der Waals surface area contributed by atoms with Crippen LogP contribution in [-0.4, -0.2) is 27.1 Å². The highest BCUT2D eigenvalue weighted by molar-refractivity contribution is 7.80. The standard InChI is InChI=1S/C13H16N4O2S/c18-17(19)10-7-5-9(6-8-10)15-16-12-4-2-1-3-11(12)14-13(16)20/h5-8,11-12,15H,1-4H2,(H,14,20). The van der Waals surface area contributed by atoms with E-state index in [2.05, 4.69) is 10.7 Å². The van der Waals surface area contributed by atoms with Crippen LogP contribution in [-0.2, 0) is 0 Å². The summed E-state index contributed by atoms with van der Waals surface area (Å²) in [5, 5.41) is 16.7. The first-order chi connectivity index (χ1) is 9.65. The summed E-state index contributed by atoms with van der Waals surface area (Å²) in [5.41, 5.74) is 4.17. The van der Waals surface area contributed by atoms with Gasteiger partial charge < -0.3 is 5.32 Å². The van der Waals surface area contributed by atoms with E-state index >= 15 is 0 Å². The van der Waals surface area contributed by atoms with Gasteiger partial charge in [-0.25, -0.2) is 0 Å². The molecule has 1 heterocycles. The number of fused-ring (bicyclic) bond motifs is 1. The van der Waals surface area contributed by atoms with Gasteiger partial charge in [0.05, 0.1) is 22.7 Å². The Hall–Kier alpha value is -1.89. The van der Waals surface area contributed by atoms with Crippen LogP contribution in [0.15, 0.2) is 24.3 Å². The van der Waals surface area contributed by atoms with Gasteiger partial charge in [-0.2, -0.15) is 0 Å². The normalized spacial score (nSPS) is 25.0. The third kappa shape index (κ3) is 2.40. The van der Waals surface area contributed by atoms with Crippen molar-refractivity contribution >= 4 is 28.7 Å². The Labute approximate surface area is 122 Å². The lowest BCUT2D eigenvalue weighted by Crippen LogP contribution is -2.42. The lowest BCUT2D eigenvalue weighted by atomic mass is 9.91. The average Bonchev–Trinajstić information content (AvgIpc) is 2.76. The molecule has 1 aliphatic carbocycles. The molecule has 6 nitrogen and oxygen atoms in total. The van der Waals surface area contributed by atoms with Crippen molar-refractivity contribution in [3.63, 3.8) is 0 Å². The van der Waals surface area contributed by atoms with Crippen molar-refractivity contribution in [2.45, 2.75) is 37.8 Å². The summed E-state index contributed by atoms with van der Waals surface area (Å²) in [6.07, 6.45) is 4.70. The van der Waals surface area contributed by atoms with Gasteiger partial charge in [0.1, 0.15) is 0 Å². The zero-order chi connectivity index (χ0) is 14.1. The lowest BCUT2D eigenvalue weighted by molar-refractivity contribution is -0.384. The first-order valence-corrected chi connectivity index (χ1v) is 7.17. The Morgan fingerprint density at radius 1 is 1.30 bits per heavy atom. The second kappa shape index (κ2) is 5.24. The van der Waals surface area contributed by atoms with Crippen molar-refractivity contribution in [3.8, 4) is 0 Å². The summed E-state index contributed by atoms with van der Waals surface area (Å²) >= 11 is 5.37. The Morgan fingerprint density at radius 3 is 2.70 bits per heavy atom. The van der Waals surface area contributed by atoms with Crippen LogP contribution >= 0.6 is 12.2 Å². The molecular weight excluding hydrogens is 276 g/mol. The zero-order valence-electron chi connectivity index (χ0n) is 10.9. The van der Waals surface area contributed by atoms with Crippen molar-refractivity contribution in [2.75, 3.05) is 5.43 Å². The van der Waals surface area contributed by atoms with Gasteiger partial charge in [-0.3, -0.25) is 20.5 Å². The molecule has 1 aliphatic heterocycles. The Bertz CT molecular complexity index is 534. The minimum atomic E-state index is -0.400. The number of anilines is 1. The Morgan fingerprint density at radius 2 is 2.00 bits per heavy atom. The van der Waals surface area contributed by atoms with Gasteiger partial charge in [0.15, 0.2) is 5.11 Å². The van der Waals surface area contributed by atoms with Gasteiger partial charge in [0.25, 0.3) is 5.69 Å². The first kappa shape index (κ1) is 13.1. The van der Waals surface area contributed by atoms with Crippen LogP contribution in [0, 0.1) is 10.1 Å². The predicted molar refractivity (Wildman–Crippen MR) is 80.3 cm³/mol. The zero-order valence-corrected chi connectivity index (χ0v) is 11.7. The fourth-order valence-corrected chi connectivity index (χ4v) is 3.23. The molecule has 0 spiro atoms. The predicted octanol–water partition coefficient (Wildman–Crippen LogP) is 2.42. The number of benzene rings is 1. The summed E-state index contributed by atoms with van der Waals surface area (Å²) < 4.78 is 0. The molecule has 1 aromatic carbocycles. The average molecular weight is 292 g/mol. The number of nitro groups is 1. The molecule has 0 radical (unpaired) electrons. The largest absolute Gasteiger partial charge is 0.356 e. The number of hydrogen-bond donors (Lipinski definition) is 2. The van der Waals surface area contributed by atoms with E-state index in [1.54, 1.807) is 12.1 Å². The minimum Gasteiger partial charge on any atom is -0.356 e. The monoisotopic (exact) mass is 292 g/mol. The van der Waals surface area contributed by atoms with Crippen molar-refractivity contribution in [2.24, 2.45) is 0 Å². The number of thiocarbonyl (C=S) groups is 1. The maximum Gasteiger partial charge on any atom is 0.269 e. The number of non-ortho nitro benzene ring substituents is 1. The van der Waals surface area contributed by atoms with Crippen LogP contribution in [0.1, 0.15) is 25.7 Å². The van der Waals surface area contributed by atoms with Crippen LogP contribution in [0.25, 0.3) is 0 Å². The first-order valence-electron chi connectivity index (χ1n) is 6.76. The molecule has 1 saturated carbocycles. The third-order valence-corrected chi connectivity index (χ3v) is 4.23. The number of nitro benzene ring substituents is 1. The molecule has 2 aliphatic rings. The second-order valence-electron chi connectivity index (χ2n) is 5.19. The van der Waals surface area contributed by atoms with E-state index in [4.69, 9.17) is 12.2 Å². The van der Waals surface area contributed by atoms with Gasteiger partial charge in [0.2, 0.25) is 0 Å². The second-order valence-corrected chi connectivity index (χ2v) is 5.58. The Kier molecular flexibility index (Phi) is 3.43. The molecule has 2 fully saturated rings. The molecule has 2 N–H and O–H groups in total. The maximum atomic E-state index is 10.6. The van der Waals surface area contributed by atoms with E-state index in [-0.39, 0.29) is 5.69 Å². The summed E-state index contributed by atoms with van der Waals surface area (Å²) in [6.45, 7) is 0. The van der Waals surface area contributed by atoms with Crippen molar-refractivity contribution in [1.82, 2.24) is 10.3 Å². The van der Waals surface area contributed by atoms with Crippen molar-refractivity contribution < 1.29 is 4.92 Å². The van der Waals surface area contributed by atoms with E-state index in [0.717, 1.165) is 18.5 Å². The fourth-order valence-electron chi connectivity index (χ4n) is 2.90. The third-order valence-electron chi connectivity index (χ3n) is 3.92. The van der Waals surface area contributed by atoms with Gasteiger partial charge in [-0.05, 0) is 37.2 Å². The SMILES string of the molecule is O=[N+]([O-])c1ccc(NN2C(=S)NC3CCCCC32)cc1. The van der Waals surface area contributed by atoms with Crippen LogP contribution in [0.3, 0.4) is 0 Å². The summed E-state index contributed by atoms with van der Waals surface area (Å²) in [6, 6.07) is 7.18. The summed E-state index contributed by atoms with van der Waals surface area (Å²) in [5.74, 6) is 0. The van der Waals surface area contributed by atoms with Crippen molar-refractivity contribution in [1.29, 1.82) is 0 Å². The van der Waals surface area contributed by atoms with E-state index < -0.39 is 4.92 Å². The number of hydrogen-bond acceptors (Lipinski definition) is 4. The van der Waals surface area contributed by atoms with E-state index in [1.165, 1.54) is 25.0 Å². The van der Waals surface area contributed by atoms with Crippen LogP contribution in [0.4, 0.5) is 11.4 Å². The smallest absolute Gasteiger partial charge is 0.269 e. The van der Waals surface area contributed by atoms with Crippen LogP contribution in [0.5, 0.6) is 0 Å². The van der Waals surface area contributed by atoms with Crippen LogP contribution in [0.2, 0.25) is 0 Å². The molecule has 106 valence electrons. The molecule has 3 rings (SSSR count). The van der Waals surface area contributed by atoms with Gasteiger partial charge >= 0.3 is 0 Å². The van der Waals surface area contributed by atoms with E-state index in [0.29, 0.717) is 17.2 Å². The molecule has 0 amide bonds.